The molecule has 2 unspecified atom stereocenters. The van der Waals surface area contributed by atoms with Gasteiger partial charge in [0.05, 0.1) is 6.10 Å². The van der Waals surface area contributed by atoms with Crippen LogP contribution in [0.5, 0.6) is 0 Å². The molecule has 0 aliphatic carbocycles. The van der Waals surface area contributed by atoms with Crippen molar-refractivity contribution < 1.29 is 4.74 Å². The summed E-state index contributed by atoms with van der Waals surface area (Å²) in [6.07, 6.45) is 2.82. The summed E-state index contributed by atoms with van der Waals surface area (Å²) in [6, 6.07) is 1.44. The molecule has 0 bridgehead atoms. The van der Waals surface area contributed by atoms with Gasteiger partial charge in [0, 0.05) is 31.8 Å². The largest absolute Gasteiger partial charge is 0.378 e. The summed E-state index contributed by atoms with van der Waals surface area (Å²) in [7, 11) is 0. The minimum Gasteiger partial charge on any atom is -0.378 e. The molecular formula is C11H22N2O. The average Bonchev–Trinajstić information content (AvgIpc) is 2.10. The predicted octanol–water partition coefficient (Wildman–Crippen LogP) is 0.848. The molecule has 14 heavy (non-hydrogen) atoms. The number of likely N-dealkylation sites (tertiary alicyclic amines) is 1. The van der Waals surface area contributed by atoms with Gasteiger partial charge in [-0.05, 0) is 26.3 Å². The van der Waals surface area contributed by atoms with Gasteiger partial charge in [-0.25, -0.2) is 0 Å². The highest BCUT2D eigenvalue weighted by Crippen LogP contribution is 2.16. The fraction of sp³-hybridized carbons (Fsp3) is 1.00. The fourth-order valence-electron chi connectivity index (χ4n) is 2.42. The van der Waals surface area contributed by atoms with Crippen molar-refractivity contribution in [3.63, 3.8) is 0 Å². The van der Waals surface area contributed by atoms with E-state index in [2.05, 4.69) is 24.1 Å². The van der Waals surface area contributed by atoms with Crippen molar-refractivity contribution in [3.8, 4) is 0 Å². The molecule has 2 fully saturated rings. The maximum Gasteiger partial charge on any atom is 0.0561 e. The lowest BCUT2D eigenvalue weighted by molar-refractivity contribution is 0.00437. The second kappa shape index (κ2) is 4.60. The molecule has 3 heteroatoms. The molecule has 0 saturated carbocycles. The van der Waals surface area contributed by atoms with Gasteiger partial charge in [-0.1, -0.05) is 6.92 Å². The monoisotopic (exact) mass is 198 g/mol. The zero-order chi connectivity index (χ0) is 9.97. The molecule has 2 heterocycles. The number of hydrogen-bond acceptors (Lipinski definition) is 3. The quantitative estimate of drug-likeness (QED) is 0.727. The van der Waals surface area contributed by atoms with Crippen LogP contribution in [0, 0.1) is 0 Å². The van der Waals surface area contributed by atoms with Crippen LogP contribution >= 0.6 is 0 Å². The van der Waals surface area contributed by atoms with Crippen molar-refractivity contribution >= 4 is 0 Å². The molecule has 0 amide bonds. The average molecular weight is 198 g/mol. The highest BCUT2D eigenvalue weighted by molar-refractivity contribution is 4.88. The number of nitrogens with zero attached hydrogens (tertiary/aromatic N) is 1. The van der Waals surface area contributed by atoms with Crippen LogP contribution in [0.2, 0.25) is 0 Å². The maximum absolute atomic E-state index is 5.53. The van der Waals surface area contributed by atoms with Gasteiger partial charge in [0.25, 0.3) is 0 Å². The minimum atomic E-state index is 0.448. The van der Waals surface area contributed by atoms with Crippen molar-refractivity contribution in [1.82, 2.24) is 10.2 Å². The van der Waals surface area contributed by atoms with Crippen LogP contribution in [0.3, 0.4) is 0 Å². The van der Waals surface area contributed by atoms with E-state index in [9.17, 15) is 0 Å². The van der Waals surface area contributed by atoms with Crippen molar-refractivity contribution in [1.29, 1.82) is 0 Å². The molecule has 0 radical (unpaired) electrons. The molecule has 82 valence electrons. The molecule has 0 aromatic heterocycles. The van der Waals surface area contributed by atoms with E-state index in [1.807, 2.05) is 0 Å². The summed E-state index contributed by atoms with van der Waals surface area (Å²) in [4.78, 5) is 2.47. The third kappa shape index (κ3) is 2.47. The molecule has 0 aromatic rings. The first-order valence-corrected chi connectivity index (χ1v) is 5.88. The normalized spacial score (nSPS) is 35.6. The van der Waals surface area contributed by atoms with E-state index in [4.69, 9.17) is 4.74 Å². The van der Waals surface area contributed by atoms with Gasteiger partial charge in [0.2, 0.25) is 0 Å². The summed E-state index contributed by atoms with van der Waals surface area (Å²) in [5.74, 6) is 0. The first-order valence-electron chi connectivity index (χ1n) is 5.88. The second-order valence-electron chi connectivity index (χ2n) is 4.62. The zero-order valence-electron chi connectivity index (χ0n) is 9.33. The Balaban J connectivity index is 1.66. The summed E-state index contributed by atoms with van der Waals surface area (Å²) < 4.78 is 5.53. The standard InChI is InChI=1S/C11H22N2O/c1-3-13-7-11(8-13)12-10-4-5-14-9(2)6-10/h9-12H,3-8H2,1-2H3. The van der Waals surface area contributed by atoms with Gasteiger partial charge < -0.3 is 15.0 Å². The van der Waals surface area contributed by atoms with Crippen molar-refractivity contribution in [3.05, 3.63) is 0 Å². The van der Waals surface area contributed by atoms with E-state index < -0.39 is 0 Å². The molecule has 2 saturated heterocycles. The van der Waals surface area contributed by atoms with Gasteiger partial charge in [0.15, 0.2) is 0 Å². The smallest absolute Gasteiger partial charge is 0.0561 e. The fourth-order valence-corrected chi connectivity index (χ4v) is 2.42. The Hall–Kier alpha value is -0.120. The van der Waals surface area contributed by atoms with Crippen LogP contribution in [-0.2, 0) is 4.74 Å². The highest BCUT2D eigenvalue weighted by atomic mass is 16.5. The number of ether oxygens (including phenoxy) is 1. The Labute approximate surface area is 86.8 Å². The highest BCUT2D eigenvalue weighted by Gasteiger charge is 2.28. The molecule has 1 N–H and O–H groups in total. The molecule has 3 nitrogen and oxygen atoms in total. The number of likely N-dealkylation sites (N-methyl/N-ethyl adjacent to an activating group) is 1. The Morgan fingerprint density at radius 3 is 2.79 bits per heavy atom. The Kier molecular flexibility index (Phi) is 3.42. The summed E-state index contributed by atoms with van der Waals surface area (Å²) in [6.45, 7) is 9.01. The topological polar surface area (TPSA) is 24.5 Å². The molecule has 2 aliphatic heterocycles. The third-order valence-corrected chi connectivity index (χ3v) is 3.36. The van der Waals surface area contributed by atoms with Crippen LogP contribution in [0.4, 0.5) is 0 Å². The SMILES string of the molecule is CCN1CC(NC2CCOC(C)C2)C1. The first-order chi connectivity index (χ1) is 6.78. The number of rotatable bonds is 3. The van der Waals surface area contributed by atoms with E-state index in [-0.39, 0.29) is 0 Å². The van der Waals surface area contributed by atoms with Crippen LogP contribution < -0.4 is 5.32 Å². The predicted molar refractivity (Wildman–Crippen MR) is 57.5 cm³/mol. The Morgan fingerprint density at radius 1 is 1.36 bits per heavy atom. The van der Waals surface area contributed by atoms with Crippen molar-refractivity contribution in [2.24, 2.45) is 0 Å². The molecular weight excluding hydrogens is 176 g/mol. The lowest BCUT2D eigenvalue weighted by atomic mass is 10.0. The van der Waals surface area contributed by atoms with Gasteiger partial charge in [-0.3, -0.25) is 0 Å². The molecule has 2 rings (SSSR count). The number of nitrogens with one attached hydrogen (secondary N) is 1. The van der Waals surface area contributed by atoms with Crippen LogP contribution in [0.25, 0.3) is 0 Å². The van der Waals surface area contributed by atoms with E-state index in [1.165, 1.54) is 32.5 Å². The lowest BCUT2D eigenvalue weighted by Crippen LogP contribution is -2.60. The van der Waals surface area contributed by atoms with Crippen LogP contribution in [-0.4, -0.2) is 49.3 Å². The maximum atomic E-state index is 5.53. The van der Waals surface area contributed by atoms with Crippen molar-refractivity contribution in [2.45, 2.75) is 44.9 Å². The lowest BCUT2D eigenvalue weighted by Gasteiger charge is -2.42. The van der Waals surface area contributed by atoms with Gasteiger partial charge in [0.1, 0.15) is 0 Å². The summed E-state index contributed by atoms with van der Waals surface area (Å²) >= 11 is 0. The van der Waals surface area contributed by atoms with E-state index in [0.29, 0.717) is 12.1 Å². The van der Waals surface area contributed by atoms with E-state index in [1.54, 1.807) is 0 Å². The summed E-state index contributed by atoms with van der Waals surface area (Å²) in [5.41, 5.74) is 0. The third-order valence-electron chi connectivity index (χ3n) is 3.36. The first kappa shape index (κ1) is 10.4. The van der Waals surface area contributed by atoms with Crippen molar-refractivity contribution in [2.75, 3.05) is 26.2 Å². The van der Waals surface area contributed by atoms with E-state index >= 15 is 0 Å². The molecule has 0 spiro atoms. The van der Waals surface area contributed by atoms with Gasteiger partial charge in [-0.15, -0.1) is 0 Å². The van der Waals surface area contributed by atoms with Gasteiger partial charge >= 0.3 is 0 Å². The van der Waals surface area contributed by atoms with E-state index in [0.717, 1.165) is 12.6 Å². The minimum absolute atomic E-state index is 0.448. The Bertz CT molecular complexity index is 180. The van der Waals surface area contributed by atoms with Crippen LogP contribution in [0.15, 0.2) is 0 Å². The summed E-state index contributed by atoms with van der Waals surface area (Å²) in [5, 5.41) is 3.73. The molecule has 0 aromatic carbocycles. The number of hydrogen-bond donors (Lipinski definition) is 1. The molecule has 2 atom stereocenters. The van der Waals surface area contributed by atoms with Crippen LogP contribution in [0.1, 0.15) is 26.7 Å². The molecule has 2 aliphatic rings. The Morgan fingerprint density at radius 2 is 2.14 bits per heavy atom. The zero-order valence-corrected chi connectivity index (χ0v) is 9.33. The second-order valence-corrected chi connectivity index (χ2v) is 4.62. The van der Waals surface area contributed by atoms with Gasteiger partial charge in [-0.2, -0.15) is 0 Å².